The average Bonchev–Trinajstić information content (AvgIpc) is 2.25. The van der Waals surface area contributed by atoms with Crippen LogP contribution in [0.25, 0.3) is 0 Å². The molecule has 0 saturated heterocycles. The van der Waals surface area contributed by atoms with Crippen LogP contribution in [0, 0.1) is 11.3 Å². The van der Waals surface area contributed by atoms with E-state index in [9.17, 15) is 4.79 Å². The first kappa shape index (κ1) is 13.2. The summed E-state index contributed by atoms with van der Waals surface area (Å²) in [5.41, 5.74) is 1.07. The van der Waals surface area contributed by atoms with Gasteiger partial charge in [-0.2, -0.15) is 0 Å². The van der Waals surface area contributed by atoms with E-state index in [2.05, 4.69) is 20.8 Å². The Hall–Kier alpha value is -0.880. The summed E-state index contributed by atoms with van der Waals surface area (Å²) in [7, 11) is 2.04. The maximum atomic E-state index is 11.7. The summed E-state index contributed by atoms with van der Waals surface area (Å²) < 4.78 is 4.79. The fraction of sp³-hybridized carbons (Fsp3) is 0.462. The van der Waals surface area contributed by atoms with Crippen LogP contribution in [0.3, 0.4) is 0 Å². The molecule has 16 heavy (non-hydrogen) atoms. The van der Waals surface area contributed by atoms with Crippen LogP contribution in [0.4, 0.5) is 0 Å². The van der Waals surface area contributed by atoms with Crippen LogP contribution in [0.1, 0.15) is 26.3 Å². The van der Waals surface area contributed by atoms with E-state index in [-0.39, 0.29) is 17.3 Å². The van der Waals surface area contributed by atoms with Gasteiger partial charge in [-0.25, -0.2) is 0 Å². The second kappa shape index (κ2) is 5.45. The molecule has 0 saturated carbocycles. The molecule has 0 aliphatic carbocycles. The third-order valence-corrected chi connectivity index (χ3v) is 2.96. The number of benzene rings is 1. The average molecular weight is 238 g/mol. The second-order valence-electron chi connectivity index (χ2n) is 5.05. The Morgan fingerprint density at radius 2 is 1.88 bits per heavy atom. The standard InChI is InChI=1S/C13H19O2P/c1-13(2,3)11(12(14)15-16)9-10-7-5-4-6-8-10/h4-8,11H,9,16H2,1-3H3. The molecule has 2 nitrogen and oxygen atoms in total. The predicted molar refractivity (Wildman–Crippen MR) is 68.9 cm³/mol. The van der Waals surface area contributed by atoms with Gasteiger partial charge in [-0.3, -0.25) is 4.79 Å². The molecule has 0 aromatic heterocycles. The van der Waals surface area contributed by atoms with Gasteiger partial charge in [0.1, 0.15) is 0 Å². The van der Waals surface area contributed by atoms with Crippen LogP contribution in [0.5, 0.6) is 0 Å². The highest BCUT2D eigenvalue weighted by molar-refractivity contribution is 7.10. The Balaban J connectivity index is 2.84. The second-order valence-corrected chi connectivity index (χ2v) is 5.28. The molecule has 1 aromatic rings. The molecule has 0 aliphatic heterocycles. The lowest BCUT2D eigenvalue weighted by molar-refractivity contribution is -0.141. The van der Waals surface area contributed by atoms with Crippen molar-refractivity contribution in [1.82, 2.24) is 0 Å². The van der Waals surface area contributed by atoms with E-state index in [1.54, 1.807) is 0 Å². The third-order valence-electron chi connectivity index (χ3n) is 2.73. The zero-order chi connectivity index (χ0) is 12.2. The largest absolute Gasteiger partial charge is 0.451 e. The minimum absolute atomic E-state index is 0.0938. The molecule has 0 bridgehead atoms. The summed E-state index contributed by atoms with van der Waals surface area (Å²) in [6.45, 7) is 6.17. The molecule has 0 amide bonds. The predicted octanol–water partition coefficient (Wildman–Crippen LogP) is 3.22. The van der Waals surface area contributed by atoms with Crippen molar-refractivity contribution >= 4 is 15.4 Å². The van der Waals surface area contributed by atoms with E-state index in [0.717, 1.165) is 12.0 Å². The fourth-order valence-corrected chi connectivity index (χ4v) is 1.84. The molecule has 3 heteroatoms. The third kappa shape index (κ3) is 3.61. The van der Waals surface area contributed by atoms with Crippen LogP contribution in [-0.2, 0) is 15.7 Å². The first-order valence-corrected chi connectivity index (χ1v) is 5.87. The summed E-state index contributed by atoms with van der Waals surface area (Å²) in [6.07, 6.45) is 0.720. The number of carbonyl (C=O) groups excluding carboxylic acids is 1. The van der Waals surface area contributed by atoms with Gasteiger partial charge in [0.2, 0.25) is 0 Å². The molecule has 0 radical (unpaired) electrons. The van der Waals surface area contributed by atoms with Gasteiger partial charge in [0, 0.05) is 0 Å². The van der Waals surface area contributed by atoms with Crippen LogP contribution < -0.4 is 0 Å². The molecule has 2 atom stereocenters. The Labute approximate surface area is 99.7 Å². The van der Waals surface area contributed by atoms with Crippen molar-refractivity contribution < 1.29 is 9.32 Å². The van der Waals surface area contributed by atoms with Gasteiger partial charge in [-0.05, 0) is 17.4 Å². The van der Waals surface area contributed by atoms with E-state index in [4.69, 9.17) is 4.52 Å². The van der Waals surface area contributed by atoms with Crippen molar-refractivity contribution in [3.63, 3.8) is 0 Å². The van der Waals surface area contributed by atoms with Crippen LogP contribution in [0.15, 0.2) is 30.3 Å². The van der Waals surface area contributed by atoms with Crippen molar-refractivity contribution in [3.05, 3.63) is 35.9 Å². The minimum atomic E-state index is -0.165. The SMILES string of the molecule is CC(C)(C)C(Cc1ccccc1)C(=O)OP. The number of hydrogen-bond acceptors (Lipinski definition) is 2. The molecular weight excluding hydrogens is 219 g/mol. The zero-order valence-corrected chi connectivity index (χ0v) is 11.2. The lowest BCUT2D eigenvalue weighted by Crippen LogP contribution is -2.30. The number of rotatable bonds is 3. The topological polar surface area (TPSA) is 26.3 Å². The van der Waals surface area contributed by atoms with Gasteiger partial charge >= 0.3 is 5.97 Å². The Morgan fingerprint density at radius 3 is 2.31 bits per heavy atom. The molecule has 2 unspecified atom stereocenters. The van der Waals surface area contributed by atoms with Gasteiger partial charge in [0.05, 0.1) is 15.4 Å². The smallest absolute Gasteiger partial charge is 0.311 e. The normalized spacial score (nSPS) is 13.2. The van der Waals surface area contributed by atoms with Crippen LogP contribution in [-0.4, -0.2) is 5.97 Å². The summed E-state index contributed by atoms with van der Waals surface area (Å²) in [6, 6.07) is 10.0. The maximum absolute atomic E-state index is 11.7. The van der Waals surface area contributed by atoms with E-state index in [1.165, 1.54) is 0 Å². The summed E-state index contributed by atoms with van der Waals surface area (Å²) in [5, 5.41) is 0. The molecule has 1 rings (SSSR count). The number of hydrogen-bond donors (Lipinski definition) is 0. The molecule has 0 N–H and O–H groups in total. The van der Waals surface area contributed by atoms with Crippen LogP contribution >= 0.6 is 9.47 Å². The first-order chi connectivity index (χ1) is 7.45. The van der Waals surface area contributed by atoms with E-state index < -0.39 is 0 Å². The van der Waals surface area contributed by atoms with Gasteiger partial charge in [0.15, 0.2) is 0 Å². The monoisotopic (exact) mass is 238 g/mol. The van der Waals surface area contributed by atoms with Gasteiger partial charge in [-0.15, -0.1) is 0 Å². The maximum Gasteiger partial charge on any atom is 0.311 e. The highest BCUT2D eigenvalue weighted by Crippen LogP contribution is 2.30. The Bertz CT molecular complexity index is 341. The Kier molecular flexibility index (Phi) is 4.49. The van der Waals surface area contributed by atoms with Crippen molar-refractivity contribution in [2.24, 2.45) is 11.3 Å². The molecule has 88 valence electrons. The minimum Gasteiger partial charge on any atom is -0.451 e. The summed E-state index contributed by atoms with van der Waals surface area (Å²) in [5.74, 6) is -0.284. The first-order valence-electron chi connectivity index (χ1n) is 5.39. The fourth-order valence-electron chi connectivity index (χ4n) is 1.68. The molecule has 0 fully saturated rings. The Morgan fingerprint density at radius 1 is 1.31 bits per heavy atom. The zero-order valence-electron chi connectivity index (χ0n) is 10.1. The van der Waals surface area contributed by atoms with Crippen LogP contribution in [0.2, 0.25) is 0 Å². The van der Waals surface area contributed by atoms with Gasteiger partial charge < -0.3 is 4.52 Å². The van der Waals surface area contributed by atoms with Crippen molar-refractivity contribution in [1.29, 1.82) is 0 Å². The van der Waals surface area contributed by atoms with Crippen molar-refractivity contribution in [2.45, 2.75) is 27.2 Å². The molecular formula is C13H19O2P. The number of carbonyl (C=O) groups is 1. The lowest BCUT2D eigenvalue weighted by atomic mass is 9.77. The molecule has 0 heterocycles. The summed E-state index contributed by atoms with van der Waals surface area (Å²) >= 11 is 0. The van der Waals surface area contributed by atoms with Crippen molar-refractivity contribution in [3.8, 4) is 0 Å². The summed E-state index contributed by atoms with van der Waals surface area (Å²) in [4.78, 5) is 11.7. The van der Waals surface area contributed by atoms with E-state index in [0.29, 0.717) is 0 Å². The highest BCUT2D eigenvalue weighted by atomic mass is 31.0. The van der Waals surface area contributed by atoms with Gasteiger partial charge in [-0.1, -0.05) is 51.1 Å². The van der Waals surface area contributed by atoms with Crippen molar-refractivity contribution in [2.75, 3.05) is 0 Å². The van der Waals surface area contributed by atoms with Gasteiger partial charge in [0.25, 0.3) is 0 Å². The lowest BCUT2D eigenvalue weighted by Gasteiger charge is -2.28. The highest BCUT2D eigenvalue weighted by Gasteiger charge is 2.32. The van der Waals surface area contributed by atoms with E-state index >= 15 is 0 Å². The molecule has 0 spiro atoms. The van der Waals surface area contributed by atoms with E-state index in [1.807, 2.05) is 39.8 Å². The molecule has 0 aliphatic rings. The quantitative estimate of drug-likeness (QED) is 0.756. The molecule has 1 aromatic carbocycles.